The molecule has 2 heterocycles. The van der Waals surface area contributed by atoms with Crippen molar-refractivity contribution in [2.75, 3.05) is 26.5 Å². The van der Waals surface area contributed by atoms with Gasteiger partial charge in [0.2, 0.25) is 6.79 Å². The number of hydrogen-bond acceptors (Lipinski definition) is 5. The standard InChI is InChI=1S/C23H27NO4/c1-2-26-22(25)23(14-18-8-4-3-5-9-18)12-7-13-24(16-23)15-19-10-6-11-20-21(19)28-17-27-20/h3-6,8-11H,2,7,12-17H2,1H3/t23-/m1/s1. The van der Waals surface area contributed by atoms with Crippen LogP contribution in [0.3, 0.4) is 0 Å². The summed E-state index contributed by atoms with van der Waals surface area (Å²) in [6, 6.07) is 16.2. The van der Waals surface area contributed by atoms with E-state index in [1.165, 1.54) is 5.56 Å². The molecule has 1 atom stereocenters. The van der Waals surface area contributed by atoms with E-state index in [1.54, 1.807) is 0 Å². The van der Waals surface area contributed by atoms with Gasteiger partial charge in [0.05, 0.1) is 12.0 Å². The minimum absolute atomic E-state index is 0.0820. The zero-order chi connectivity index (χ0) is 19.4. The van der Waals surface area contributed by atoms with E-state index in [1.807, 2.05) is 37.3 Å². The fraction of sp³-hybridized carbons (Fsp3) is 0.435. The predicted molar refractivity (Wildman–Crippen MR) is 106 cm³/mol. The van der Waals surface area contributed by atoms with Crippen molar-refractivity contribution in [2.24, 2.45) is 5.41 Å². The van der Waals surface area contributed by atoms with Gasteiger partial charge in [-0.05, 0) is 44.4 Å². The van der Waals surface area contributed by atoms with Crippen LogP contribution in [-0.4, -0.2) is 37.4 Å². The Bertz CT molecular complexity index is 823. The van der Waals surface area contributed by atoms with E-state index in [2.05, 4.69) is 23.1 Å². The van der Waals surface area contributed by atoms with Crippen LogP contribution in [0.5, 0.6) is 11.5 Å². The first kappa shape index (κ1) is 18.8. The third-order valence-electron chi connectivity index (χ3n) is 5.62. The molecule has 5 heteroatoms. The minimum Gasteiger partial charge on any atom is -0.466 e. The summed E-state index contributed by atoms with van der Waals surface area (Å²) in [5.74, 6) is 1.55. The second kappa shape index (κ2) is 8.23. The van der Waals surface area contributed by atoms with Gasteiger partial charge in [-0.25, -0.2) is 0 Å². The molecule has 0 radical (unpaired) electrons. The Balaban J connectivity index is 1.56. The molecular weight excluding hydrogens is 354 g/mol. The van der Waals surface area contributed by atoms with Crippen LogP contribution in [0.4, 0.5) is 0 Å². The van der Waals surface area contributed by atoms with Crippen molar-refractivity contribution >= 4 is 5.97 Å². The summed E-state index contributed by atoms with van der Waals surface area (Å²) < 4.78 is 16.7. The summed E-state index contributed by atoms with van der Waals surface area (Å²) >= 11 is 0. The summed E-state index contributed by atoms with van der Waals surface area (Å²) in [4.78, 5) is 15.4. The normalized spacial score (nSPS) is 21.5. The molecule has 0 aliphatic carbocycles. The van der Waals surface area contributed by atoms with Crippen LogP contribution in [0.25, 0.3) is 0 Å². The average Bonchev–Trinajstić information content (AvgIpc) is 3.19. The van der Waals surface area contributed by atoms with Crippen LogP contribution in [0.15, 0.2) is 48.5 Å². The number of rotatable bonds is 6. The van der Waals surface area contributed by atoms with Crippen LogP contribution in [0, 0.1) is 5.41 Å². The van der Waals surface area contributed by atoms with Gasteiger partial charge in [-0.1, -0.05) is 42.5 Å². The van der Waals surface area contributed by atoms with Crippen LogP contribution in [-0.2, 0) is 22.5 Å². The molecule has 1 saturated heterocycles. The van der Waals surface area contributed by atoms with Crippen LogP contribution in [0.1, 0.15) is 30.9 Å². The molecule has 0 bridgehead atoms. The lowest BCUT2D eigenvalue weighted by Gasteiger charge is -2.41. The Labute approximate surface area is 166 Å². The molecule has 2 aliphatic rings. The first-order valence-corrected chi connectivity index (χ1v) is 10.0. The van der Waals surface area contributed by atoms with E-state index < -0.39 is 5.41 Å². The summed E-state index contributed by atoms with van der Waals surface area (Å²) in [5.41, 5.74) is 1.77. The fourth-order valence-corrected chi connectivity index (χ4v) is 4.37. The number of hydrogen-bond donors (Lipinski definition) is 0. The highest BCUT2D eigenvalue weighted by atomic mass is 16.7. The maximum Gasteiger partial charge on any atom is 0.313 e. The Kier molecular flexibility index (Phi) is 5.53. The first-order chi connectivity index (χ1) is 13.7. The largest absolute Gasteiger partial charge is 0.466 e. The molecule has 5 nitrogen and oxygen atoms in total. The SMILES string of the molecule is CCOC(=O)[C@@]1(Cc2ccccc2)CCCN(Cc2cccc3c2OCO3)C1. The number of para-hydroxylation sites is 1. The summed E-state index contributed by atoms with van der Waals surface area (Å²) in [6.45, 7) is 4.94. The lowest BCUT2D eigenvalue weighted by Crippen LogP contribution is -2.49. The Morgan fingerprint density at radius 2 is 2.00 bits per heavy atom. The van der Waals surface area contributed by atoms with Gasteiger partial charge in [-0.15, -0.1) is 0 Å². The van der Waals surface area contributed by atoms with Gasteiger partial charge < -0.3 is 14.2 Å². The van der Waals surface area contributed by atoms with Crippen molar-refractivity contribution < 1.29 is 19.0 Å². The molecule has 0 N–H and O–H groups in total. The lowest BCUT2D eigenvalue weighted by atomic mass is 9.75. The van der Waals surface area contributed by atoms with Crippen molar-refractivity contribution in [2.45, 2.75) is 32.7 Å². The maximum atomic E-state index is 13.0. The highest BCUT2D eigenvalue weighted by molar-refractivity contribution is 5.77. The average molecular weight is 381 g/mol. The van der Waals surface area contributed by atoms with Crippen molar-refractivity contribution in [1.29, 1.82) is 0 Å². The van der Waals surface area contributed by atoms with Gasteiger partial charge in [0.25, 0.3) is 0 Å². The van der Waals surface area contributed by atoms with Gasteiger partial charge in [0.1, 0.15) is 0 Å². The second-order valence-electron chi connectivity index (χ2n) is 7.63. The molecule has 148 valence electrons. The fourth-order valence-electron chi connectivity index (χ4n) is 4.37. The Morgan fingerprint density at radius 3 is 2.82 bits per heavy atom. The zero-order valence-electron chi connectivity index (χ0n) is 16.4. The van der Waals surface area contributed by atoms with Gasteiger partial charge in [-0.2, -0.15) is 0 Å². The molecule has 0 spiro atoms. The molecule has 0 amide bonds. The lowest BCUT2D eigenvalue weighted by molar-refractivity contribution is -0.159. The molecule has 0 saturated carbocycles. The minimum atomic E-state index is -0.509. The quantitative estimate of drug-likeness (QED) is 0.712. The van der Waals surface area contributed by atoms with Crippen molar-refractivity contribution in [1.82, 2.24) is 4.90 Å². The molecule has 2 aromatic rings. The molecule has 1 fully saturated rings. The van der Waals surface area contributed by atoms with E-state index in [4.69, 9.17) is 14.2 Å². The highest BCUT2D eigenvalue weighted by Gasteiger charge is 2.43. The third kappa shape index (κ3) is 3.85. The molecule has 0 aromatic heterocycles. The van der Waals surface area contributed by atoms with Gasteiger partial charge in [0.15, 0.2) is 11.5 Å². The van der Waals surface area contributed by atoms with Crippen molar-refractivity contribution in [3.05, 3.63) is 59.7 Å². The number of fused-ring (bicyclic) bond motifs is 1. The third-order valence-corrected chi connectivity index (χ3v) is 5.62. The molecule has 2 aliphatic heterocycles. The molecule has 28 heavy (non-hydrogen) atoms. The second-order valence-corrected chi connectivity index (χ2v) is 7.63. The first-order valence-electron chi connectivity index (χ1n) is 10.0. The number of ether oxygens (including phenoxy) is 3. The summed E-state index contributed by atoms with van der Waals surface area (Å²) in [5, 5.41) is 0. The van der Waals surface area contributed by atoms with E-state index in [0.29, 0.717) is 19.6 Å². The number of piperidine rings is 1. The van der Waals surface area contributed by atoms with E-state index in [-0.39, 0.29) is 12.8 Å². The molecule has 0 unspecified atom stereocenters. The predicted octanol–water partition coefficient (Wildman–Crippen LogP) is 3.80. The summed E-state index contributed by atoms with van der Waals surface area (Å²) in [7, 11) is 0. The van der Waals surface area contributed by atoms with Crippen molar-refractivity contribution in [3.8, 4) is 11.5 Å². The van der Waals surface area contributed by atoms with Gasteiger partial charge in [-0.3, -0.25) is 9.69 Å². The van der Waals surface area contributed by atoms with Crippen molar-refractivity contribution in [3.63, 3.8) is 0 Å². The number of carbonyl (C=O) groups excluding carboxylic acids is 1. The van der Waals surface area contributed by atoms with E-state index in [9.17, 15) is 4.79 Å². The van der Waals surface area contributed by atoms with Crippen LogP contribution < -0.4 is 9.47 Å². The number of carbonyl (C=O) groups is 1. The smallest absolute Gasteiger partial charge is 0.313 e. The highest BCUT2D eigenvalue weighted by Crippen LogP contribution is 2.39. The van der Waals surface area contributed by atoms with E-state index in [0.717, 1.165) is 43.0 Å². The zero-order valence-corrected chi connectivity index (χ0v) is 16.4. The monoisotopic (exact) mass is 381 g/mol. The topological polar surface area (TPSA) is 48.0 Å². The number of likely N-dealkylation sites (tertiary alicyclic amines) is 1. The van der Waals surface area contributed by atoms with Crippen LogP contribution in [0.2, 0.25) is 0 Å². The Morgan fingerprint density at radius 1 is 1.14 bits per heavy atom. The van der Waals surface area contributed by atoms with Crippen LogP contribution >= 0.6 is 0 Å². The number of nitrogens with zero attached hydrogens (tertiary/aromatic N) is 1. The molecular formula is C23H27NO4. The van der Waals surface area contributed by atoms with Gasteiger partial charge in [0, 0.05) is 18.7 Å². The summed E-state index contributed by atoms with van der Waals surface area (Å²) in [6.07, 6.45) is 2.53. The maximum absolute atomic E-state index is 13.0. The Hall–Kier alpha value is -2.53. The number of benzene rings is 2. The molecule has 2 aromatic carbocycles. The van der Waals surface area contributed by atoms with Gasteiger partial charge >= 0.3 is 5.97 Å². The number of esters is 1. The molecule has 4 rings (SSSR count). The van der Waals surface area contributed by atoms with E-state index >= 15 is 0 Å².